The molecule has 6 nitrogen and oxygen atoms in total. The summed E-state index contributed by atoms with van der Waals surface area (Å²) in [4.78, 5) is 14.1. The van der Waals surface area contributed by atoms with Crippen molar-refractivity contribution in [1.29, 1.82) is 0 Å². The fourth-order valence-corrected chi connectivity index (χ4v) is 4.31. The second-order valence-electron chi connectivity index (χ2n) is 6.39. The highest BCUT2D eigenvalue weighted by atomic mass is 32.2. The minimum Gasteiger partial charge on any atom is -0.496 e. The molecule has 138 valence electrons. The van der Waals surface area contributed by atoms with E-state index in [-0.39, 0.29) is 23.3 Å². The number of nitrogens with one attached hydrogen (secondary N) is 1. The fraction of sp³-hybridized carbons (Fsp3) is 0.316. The van der Waals surface area contributed by atoms with Gasteiger partial charge in [0.2, 0.25) is 15.9 Å². The van der Waals surface area contributed by atoms with Crippen LogP contribution in [0.25, 0.3) is 0 Å². The van der Waals surface area contributed by atoms with Crippen LogP contribution in [0, 0.1) is 12.8 Å². The van der Waals surface area contributed by atoms with Crippen molar-refractivity contribution in [2.45, 2.75) is 18.2 Å². The van der Waals surface area contributed by atoms with Crippen molar-refractivity contribution in [3.05, 3.63) is 54.1 Å². The quantitative estimate of drug-likeness (QED) is 0.842. The van der Waals surface area contributed by atoms with Gasteiger partial charge in [0.15, 0.2) is 0 Å². The highest BCUT2D eigenvalue weighted by Crippen LogP contribution is 2.25. The van der Waals surface area contributed by atoms with Crippen molar-refractivity contribution in [3.8, 4) is 5.75 Å². The molecular weight excluding hydrogens is 352 g/mol. The lowest BCUT2D eigenvalue weighted by atomic mass is 10.1. The molecule has 1 heterocycles. The molecule has 0 spiro atoms. The predicted octanol–water partition coefficient (Wildman–Crippen LogP) is 2.34. The van der Waals surface area contributed by atoms with E-state index in [4.69, 9.17) is 4.74 Å². The van der Waals surface area contributed by atoms with E-state index >= 15 is 0 Å². The van der Waals surface area contributed by atoms with Gasteiger partial charge in [-0.3, -0.25) is 4.79 Å². The van der Waals surface area contributed by atoms with Crippen LogP contribution in [0.1, 0.15) is 12.0 Å². The van der Waals surface area contributed by atoms with Crippen molar-refractivity contribution in [2.75, 3.05) is 25.1 Å². The van der Waals surface area contributed by atoms with E-state index in [0.29, 0.717) is 18.7 Å². The summed E-state index contributed by atoms with van der Waals surface area (Å²) < 4.78 is 32.8. The maximum atomic E-state index is 12.5. The Morgan fingerprint density at radius 2 is 1.92 bits per heavy atom. The predicted molar refractivity (Wildman–Crippen MR) is 99.8 cm³/mol. The van der Waals surface area contributed by atoms with Crippen LogP contribution in [0.2, 0.25) is 0 Å². The Hall–Kier alpha value is -2.38. The molecule has 7 heteroatoms. The number of ether oxygens (including phenoxy) is 1. The van der Waals surface area contributed by atoms with Crippen LogP contribution in [0.3, 0.4) is 0 Å². The SMILES string of the molecule is COc1ccc(S(=O)(=O)NC[C@@H]2CC(=O)N(c3ccccc3)C2)cc1C. The van der Waals surface area contributed by atoms with Gasteiger partial charge in [-0.1, -0.05) is 18.2 Å². The smallest absolute Gasteiger partial charge is 0.240 e. The molecule has 2 aromatic rings. The number of carbonyl (C=O) groups is 1. The van der Waals surface area contributed by atoms with Gasteiger partial charge in [-0.15, -0.1) is 0 Å². The number of para-hydroxylation sites is 1. The number of anilines is 1. The van der Waals surface area contributed by atoms with E-state index in [1.165, 1.54) is 6.07 Å². The largest absolute Gasteiger partial charge is 0.496 e. The van der Waals surface area contributed by atoms with Gasteiger partial charge in [0.25, 0.3) is 0 Å². The van der Waals surface area contributed by atoms with Gasteiger partial charge in [-0.05, 0) is 48.7 Å². The highest BCUT2D eigenvalue weighted by Gasteiger charge is 2.31. The monoisotopic (exact) mass is 374 g/mol. The number of sulfonamides is 1. The summed E-state index contributed by atoms with van der Waals surface area (Å²) >= 11 is 0. The van der Waals surface area contributed by atoms with Crippen LogP contribution < -0.4 is 14.4 Å². The van der Waals surface area contributed by atoms with E-state index in [1.54, 1.807) is 31.1 Å². The lowest BCUT2D eigenvalue weighted by molar-refractivity contribution is -0.117. The van der Waals surface area contributed by atoms with Gasteiger partial charge in [0, 0.05) is 25.2 Å². The number of aryl methyl sites for hydroxylation is 1. The lowest BCUT2D eigenvalue weighted by Gasteiger charge is -2.17. The van der Waals surface area contributed by atoms with E-state index in [0.717, 1.165) is 11.3 Å². The topological polar surface area (TPSA) is 75.7 Å². The Morgan fingerprint density at radius 1 is 1.19 bits per heavy atom. The second-order valence-corrected chi connectivity index (χ2v) is 8.16. The Kier molecular flexibility index (Phi) is 5.29. The molecule has 0 saturated carbocycles. The van der Waals surface area contributed by atoms with Gasteiger partial charge >= 0.3 is 0 Å². The molecule has 1 amide bonds. The van der Waals surface area contributed by atoms with Crippen molar-refractivity contribution in [2.24, 2.45) is 5.92 Å². The summed E-state index contributed by atoms with van der Waals surface area (Å²) in [6, 6.07) is 14.2. The summed E-state index contributed by atoms with van der Waals surface area (Å²) in [5.41, 5.74) is 1.59. The van der Waals surface area contributed by atoms with Gasteiger partial charge < -0.3 is 9.64 Å². The zero-order valence-corrected chi connectivity index (χ0v) is 15.6. The molecule has 2 aromatic carbocycles. The van der Waals surface area contributed by atoms with Gasteiger partial charge in [0.1, 0.15) is 5.75 Å². The van der Waals surface area contributed by atoms with Gasteiger partial charge in [0.05, 0.1) is 12.0 Å². The normalized spacial score (nSPS) is 17.5. The number of rotatable bonds is 6. The summed E-state index contributed by atoms with van der Waals surface area (Å²) in [7, 11) is -2.08. The second kappa shape index (κ2) is 7.47. The fourth-order valence-electron chi connectivity index (χ4n) is 3.10. The van der Waals surface area contributed by atoms with E-state index in [9.17, 15) is 13.2 Å². The molecular formula is C19H22N2O4S. The summed E-state index contributed by atoms with van der Waals surface area (Å²) in [5, 5.41) is 0. The third kappa shape index (κ3) is 3.89. The Morgan fingerprint density at radius 3 is 2.58 bits per heavy atom. The van der Waals surface area contributed by atoms with Crippen LogP contribution in [0.15, 0.2) is 53.4 Å². The zero-order chi connectivity index (χ0) is 18.7. The van der Waals surface area contributed by atoms with Crippen LogP contribution in [0.5, 0.6) is 5.75 Å². The van der Waals surface area contributed by atoms with Crippen molar-refractivity contribution < 1.29 is 17.9 Å². The first kappa shape index (κ1) is 18.4. The number of benzene rings is 2. The molecule has 0 bridgehead atoms. The lowest BCUT2D eigenvalue weighted by Crippen LogP contribution is -2.31. The molecule has 1 atom stereocenters. The number of hydrogen-bond donors (Lipinski definition) is 1. The molecule has 1 saturated heterocycles. The van der Waals surface area contributed by atoms with E-state index < -0.39 is 10.0 Å². The molecule has 26 heavy (non-hydrogen) atoms. The highest BCUT2D eigenvalue weighted by molar-refractivity contribution is 7.89. The van der Waals surface area contributed by atoms with Crippen molar-refractivity contribution in [3.63, 3.8) is 0 Å². The van der Waals surface area contributed by atoms with E-state index in [2.05, 4.69) is 4.72 Å². The van der Waals surface area contributed by atoms with Crippen molar-refractivity contribution in [1.82, 2.24) is 4.72 Å². The van der Waals surface area contributed by atoms with Crippen molar-refractivity contribution >= 4 is 21.6 Å². The molecule has 1 fully saturated rings. The molecule has 1 N–H and O–H groups in total. The average molecular weight is 374 g/mol. The number of nitrogens with zero attached hydrogens (tertiary/aromatic N) is 1. The van der Waals surface area contributed by atoms with Gasteiger partial charge in [-0.25, -0.2) is 13.1 Å². The molecule has 0 radical (unpaired) electrons. The first-order valence-electron chi connectivity index (χ1n) is 8.40. The molecule has 0 aliphatic carbocycles. The first-order chi connectivity index (χ1) is 12.4. The first-order valence-corrected chi connectivity index (χ1v) is 9.89. The van der Waals surface area contributed by atoms with Crippen LogP contribution in [-0.2, 0) is 14.8 Å². The minimum atomic E-state index is -3.63. The number of methoxy groups -OCH3 is 1. The standard InChI is InChI=1S/C19H22N2O4S/c1-14-10-17(8-9-18(14)25-2)26(23,24)20-12-15-11-19(22)21(13-15)16-6-4-3-5-7-16/h3-10,15,20H,11-13H2,1-2H3/t15-/m0/s1. The molecule has 1 aliphatic rings. The number of amides is 1. The maximum absolute atomic E-state index is 12.5. The Balaban J connectivity index is 1.65. The number of carbonyl (C=O) groups excluding carboxylic acids is 1. The summed E-state index contributed by atoms with van der Waals surface area (Å²) in [6.07, 6.45) is 0.332. The van der Waals surface area contributed by atoms with Gasteiger partial charge in [-0.2, -0.15) is 0 Å². The Bertz CT molecular complexity index is 897. The maximum Gasteiger partial charge on any atom is 0.240 e. The molecule has 3 rings (SSSR count). The Labute approximate surface area is 153 Å². The van der Waals surface area contributed by atoms with Crippen LogP contribution in [-0.4, -0.2) is 34.5 Å². The van der Waals surface area contributed by atoms with Crippen LogP contribution >= 0.6 is 0 Å². The molecule has 1 aliphatic heterocycles. The van der Waals surface area contributed by atoms with E-state index in [1.807, 2.05) is 30.3 Å². The molecule has 0 unspecified atom stereocenters. The average Bonchev–Trinajstić information content (AvgIpc) is 3.01. The third-order valence-corrected chi connectivity index (χ3v) is 5.93. The third-order valence-electron chi connectivity index (χ3n) is 4.51. The summed E-state index contributed by atoms with van der Waals surface area (Å²) in [6.45, 7) is 2.53. The zero-order valence-electron chi connectivity index (χ0n) is 14.8. The number of hydrogen-bond acceptors (Lipinski definition) is 4. The minimum absolute atomic E-state index is 0.0145. The van der Waals surface area contributed by atoms with Crippen LogP contribution in [0.4, 0.5) is 5.69 Å². The molecule has 0 aromatic heterocycles. The summed E-state index contributed by atoms with van der Waals surface area (Å²) in [5.74, 6) is 0.598.